The quantitative estimate of drug-likeness (QED) is 0.766. The SMILES string of the molecule is COc1ccc(Cl)cc1CNc1ccc2ncsc2c1. The number of thiazole rings is 1. The molecule has 0 aliphatic rings. The molecule has 0 atom stereocenters. The van der Waals surface area contributed by atoms with Gasteiger partial charge in [0, 0.05) is 22.8 Å². The van der Waals surface area contributed by atoms with Crippen LogP contribution in [0.1, 0.15) is 5.56 Å². The van der Waals surface area contributed by atoms with Crippen LogP contribution < -0.4 is 10.1 Å². The largest absolute Gasteiger partial charge is 0.496 e. The molecule has 3 rings (SSSR count). The van der Waals surface area contributed by atoms with E-state index in [9.17, 15) is 0 Å². The Labute approximate surface area is 126 Å². The van der Waals surface area contributed by atoms with Crippen LogP contribution in [-0.4, -0.2) is 12.1 Å². The number of nitrogens with zero attached hydrogens (tertiary/aromatic N) is 1. The van der Waals surface area contributed by atoms with Gasteiger partial charge in [0.2, 0.25) is 0 Å². The van der Waals surface area contributed by atoms with E-state index >= 15 is 0 Å². The predicted molar refractivity (Wildman–Crippen MR) is 85.0 cm³/mol. The standard InChI is InChI=1S/C15H13ClN2OS/c1-19-14-5-2-11(16)6-10(14)8-17-12-3-4-13-15(7-12)20-9-18-13/h2-7,9,17H,8H2,1H3. The van der Waals surface area contributed by atoms with Crippen LogP contribution in [-0.2, 0) is 6.54 Å². The second-order valence-electron chi connectivity index (χ2n) is 4.34. The summed E-state index contributed by atoms with van der Waals surface area (Å²) in [6.07, 6.45) is 0. The Morgan fingerprint density at radius 2 is 2.15 bits per heavy atom. The topological polar surface area (TPSA) is 34.1 Å². The number of hydrogen-bond acceptors (Lipinski definition) is 4. The van der Waals surface area contributed by atoms with Crippen molar-refractivity contribution in [2.75, 3.05) is 12.4 Å². The number of anilines is 1. The fourth-order valence-electron chi connectivity index (χ4n) is 2.05. The third-order valence-electron chi connectivity index (χ3n) is 3.06. The molecule has 3 aromatic rings. The molecule has 0 spiro atoms. The number of hydrogen-bond donors (Lipinski definition) is 1. The summed E-state index contributed by atoms with van der Waals surface area (Å²) in [4.78, 5) is 4.27. The lowest BCUT2D eigenvalue weighted by Gasteiger charge is -2.11. The van der Waals surface area contributed by atoms with Gasteiger partial charge in [0.05, 0.1) is 22.8 Å². The molecule has 1 N–H and O–H groups in total. The number of fused-ring (bicyclic) bond motifs is 1. The lowest BCUT2D eigenvalue weighted by Crippen LogP contribution is -2.01. The Kier molecular flexibility index (Phi) is 3.76. The van der Waals surface area contributed by atoms with Gasteiger partial charge in [-0.3, -0.25) is 0 Å². The number of aromatic nitrogens is 1. The summed E-state index contributed by atoms with van der Waals surface area (Å²) < 4.78 is 6.51. The van der Waals surface area contributed by atoms with Gasteiger partial charge in [-0.25, -0.2) is 4.98 Å². The molecule has 0 unspecified atom stereocenters. The Balaban J connectivity index is 1.80. The van der Waals surface area contributed by atoms with Crippen LogP contribution in [0.25, 0.3) is 10.2 Å². The van der Waals surface area contributed by atoms with Crippen molar-refractivity contribution in [3.05, 3.63) is 52.5 Å². The minimum absolute atomic E-state index is 0.661. The van der Waals surface area contributed by atoms with Gasteiger partial charge < -0.3 is 10.1 Å². The first-order valence-electron chi connectivity index (χ1n) is 6.16. The highest BCUT2D eigenvalue weighted by atomic mass is 35.5. The third-order valence-corrected chi connectivity index (χ3v) is 4.08. The molecule has 3 nitrogen and oxygen atoms in total. The molecule has 0 saturated carbocycles. The molecule has 102 valence electrons. The molecule has 0 amide bonds. The fraction of sp³-hybridized carbons (Fsp3) is 0.133. The van der Waals surface area contributed by atoms with Gasteiger partial charge in [0.15, 0.2) is 0 Å². The van der Waals surface area contributed by atoms with Crippen LogP contribution in [0.4, 0.5) is 5.69 Å². The van der Waals surface area contributed by atoms with Crippen LogP contribution >= 0.6 is 22.9 Å². The predicted octanol–water partition coefficient (Wildman–Crippen LogP) is 4.57. The number of methoxy groups -OCH3 is 1. The van der Waals surface area contributed by atoms with Crippen molar-refractivity contribution in [3.8, 4) is 5.75 Å². The van der Waals surface area contributed by atoms with Gasteiger partial charge >= 0.3 is 0 Å². The van der Waals surface area contributed by atoms with E-state index in [0.717, 1.165) is 22.5 Å². The van der Waals surface area contributed by atoms with Gasteiger partial charge in [0.25, 0.3) is 0 Å². The Hall–Kier alpha value is -1.78. The number of nitrogens with one attached hydrogen (secondary N) is 1. The first-order valence-corrected chi connectivity index (χ1v) is 7.41. The second-order valence-corrected chi connectivity index (χ2v) is 5.67. The maximum absolute atomic E-state index is 6.03. The summed E-state index contributed by atoms with van der Waals surface area (Å²) >= 11 is 7.67. The molecule has 20 heavy (non-hydrogen) atoms. The van der Waals surface area contributed by atoms with Gasteiger partial charge in [-0.15, -0.1) is 11.3 Å². The fourth-order valence-corrected chi connectivity index (χ4v) is 2.96. The van der Waals surface area contributed by atoms with Crippen molar-refractivity contribution in [3.63, 3.8) is 0 Å². The zero-order valence-electron chi connectivity index (χ0n) is 10.9. The van der Waals surface area contributed by atoms with Crippen LogP contribution in [0.15, 0.2) is 41.9 Å². The van der Waals surface area contributed by atoms with Crippen molar-refractivity contribution in [2.45, 2.75) is 6.54 Å². The summed E-state index contributed by atoms with van der Waals surface area (Å²) in [6, 6.07) is 11.8. The normalized spacial score (nSPS) is 10.7. The third kappa shape index (κ3) is 2.71. The average molecular weight is 305 g/mol. The van der Waals surface area contributed by atoms with E-state index < -0.39 is 0 Å². The molecule has 0 radical (unpaired) electrons. The monoisotopic (exact) mass is 304 g/mol. The first kappa shape index (κ1) is 13.2. The van der Waals surface area contributed by atoms with Crippen LogP contribution in [0.2, 0.25) is 5.02 Å². The molecule has 0 aliphatic heterocycles. The highest BCUT2D eigenvalue weighted by molar-refractivity contribution is 7.16. The molecular formula is C15H13ClN2OS. The van der Waals surface area contributed by atoms with Gasteiger partial charge in [0.1, 0.15) is 5.75 Å². The van der Waals surface area contributed by atoms with Crippen molar-refractivity contribution in [1.82, 2.24) is 4.98 Å². The van der Waals surface area contributed by atoms with E-state index in [0.29, 0.717) is 11.6 Å². The minimum atomic E-state index is 0.661. The van der Waals surface area contributed by atoms with Crippen molar-refractivity contribution in [1.29, 1.82) is 0 Å². The Morgan fingerprint density at radius 3 is 3.00 bits per heavy atom. The molecule has 0 saturated heterocycles. The van der Waals surface area contributed by atoms with E-state index in [-0.39, 0.29) is 0 Å². The zero-order chi connectivity index (χ0) is 13.9. The summed E-state index contributed by atoms with van der Waals surface area (Å²) in [5.74, 6) is 0.834. The molecule has 5 heteroatoms. The van der Waals surface area contributed by atoms with Crippen molar-refractivity contribution < 1.29 is 4.74 Å². The average Bonchev–Trinajstić information content (AvgIpc) is 2.92. The van der Waals surface area contributed by atoms with Gasteiger partial charge in [-0.05, 0) is 36.4 Å². The molecular weight excluding hydrogens is 292 g/mol. The summed E-state index contributed by atoms with van der Waals surface area (Å²) in [5.41, 5.74) is 4.98. The van der Waals surface area contributed by atoms with Crippen LogP contribution in [0, 0.1) is 0 Å². The maximum Gasteiger partial charge on any atom is 0.123 e. The minimum Gasteiger partial charge on any atom is -0.496 e. The smallest absolute Gasteiger partial charge is 0.123 e. The highest BCUT2D eigenvalue weighted by Crippen LogP contribution is 2.25. The van der Waals surface area contributed by atoms with Crippen LogP contribution in [0.3, 0.4) is 0 Å². The van der Waals surface area contributed by atoms with E-state index in [1.807, 2.05) is 35.8 Å². The molecule has 0 aliphatic carbocycles. The molecule has 0 fully saturated rings. The molecule has 1 heterocycles. The Morgan fingerprint density at radius 1 is 1.25 bits per heavy atom. The summed E-state index contributed by atoms with van der Waals surface area (Å²) in [6.45, 7) is 0.661. The number of halogens is 1. The Bertz CT molecular complexity index is 742. The summed E-state index contributed by atoms with van der Waals surface area (Å²) in [5, 5.41) is 4.09. The number of rotatable bonds is 4. The maximum atomic E-state index is 6.03. The molecule has 0 bridgehead atoms. The highest BCUT2D eigenvalue weighted by Gasteiger charge is 2.04. The van der Waals surface area contributed by atoms with Crippen LogP contribution in [0.5, 0.6) is 5.75 Å². The molecule has 1 aromatic heterocycles. The lowest BCUT2D eigenvalue weighted by atomic mass is 10.2. The van der Waals surface area contributed by atoms with Crippen molar-refractivity contribution >= 4 is 38.8 Å². The van der Waals surface area contributed by atoms with E-state index in [1.54, 1.807) is 18.4 Å². The summed E-state index contributed by atoms with van der Waals surface area (Å²) in [7, 11) is 1.66. The van der Waals surface area contributed by atoms with Gasteiger partial charge in [-0.1, -0.05) is 11.6 Å². The van der Waals surface area contributed by atoms with Crippen molar-refractivity contribution in [2.24, 2.45) is 0 Å². The molecule has 2 aromatic carbocycles. The first-order chi connectivity index (χ1) is 9.76. The van der Waals surface area contributed by atoms with E-state index in [1.165, 1.54) is 4.70 Å². The number of ether oxygens (including phenoxy) is 1. The van der Waals surface area contributed by atoms with Gasteiger partial charge in [-0.2, -0.15) is 0 Å². The second kappa shape index (κ2) is 5.69. The zero-order valence-corrected chi connectivity index (χ0v) is 12.5. The van der Waals surface area contributed by atoms with E-state index in [2.05, 4.69) is 16.4 Å². The van der Waals surface area contributed by atoms with E-state index in [4.69, 9.17) is 16.3 Å². The lowest BCUT2D eigenvalue weighted by molar-refractivity contribution is 0.410. The number of benzene rings is 2.